The molecule has 0 atom stereocenters. The molecule has 108 valence electrons. The fraction of sp³-hybridized carbons (Fsp3) is 0.0714. The van der Waals surface area contributed by atoms with Crippen LogP contribution >= 0.6 is 11.6 Å². The largest absolute Gasteiger partial charge is 0.497 e. The molecular formula is C14H11ClN2O4. The number of anilines is 1. The third-order valence-electron chi connectivity index (χ3n) is 2.62. The lowest BCUT2D eigenvalue weighted by molar-refractivity contribution is 0.0690. The van der Waals surface area contributed by atoms with Gasteiger partial charge in [0.2, 0.25) is 0 Å². The number of pyridine rings is 1. The molecule has 0 fully saturated rings. The maximum absolute atomic E-state index is 12.1. The smallest absolute Gasteiger partial charge is 0.354 e. The molecule has 0 bridgehead atoms. The van der Waals surface area contributed by atoms with Gasteiger partial charge in [0.1, 0.15) is 17.1 Å². The van der Waals surface area contributed by atoms with E-state index in [-0.39, 0.29) is 11.4 Å². The van der Waals surface area contributed by atoms with Crippen molar-refractivity contribution in [2.45, 2.75) is 0 Å². The molecule has 0 saturated heterocycles. The van der Waals surface area contributed by atoms with Gasteiger partial charge in [-0.05, 0) is 24.3 Å². The Balaban J connectivity index is 2.25. The lowest BCUT2D eigenvalue weighted by Gasteiger charge is -2.09. The number of aromatic carboxylic acids is 1. The third kappa shape index (κ3) is 3.49. The first-order valence-corrected chi connectivity index (χ1v) is 6.24. The lowest BCUT2D eigenvalue weighted by Crippen LogP contribution is -2.15. The summed E-state index contributed by atoms with van der Waals surface area (Å²) >= 11 is 5.98. The van der Waals surface area contributed by atoms with Crippen molar-refractivity contribution in [3.63, 3.8) is 0 Å². The molecule has 6 nitrogen and oxygen atoms in total. The van der Waals surface area contributed by atoms with Crippen molar-refractivity contribution in [3.05, 3.63) is 52.8 Å². The Labute approximate surface area is 125 Å². The average molecular weight is 307 g/mol. The minimum Gasteiger partial charge on any atom is -0.497 e. The van der Waals surface area contributed by atoms with E-state index in [1.54, 1.807) is 18.2 Å². The number of rotatable bonds is 4. The SMILES string of the molecule is COc1ccc(Cl)c(NC(=O)c2cccc(C(=O)O)n2)c1. The number of carboxylic acids is 1. The molecule has 2 rings (SSSR count). The summed E-state index contributed by atoms with van der Waals surface area (Å²) in [7, 11) is 1.49. The van der Waals surface area contributed by atoms with Gasteiger partial charge in [-0.1, -0.05) is 17.7 Å². The fourth-order valence-corrected chi connectivity index (χ4v) is 1.76. The zero-order valence-electron chi connectivity index (χ0n) is 11.0. The van der Waals surface area contributed by atoms with Gasteiger partial charge < -0.3 is 15.2 Å². The van der Waals surface area contributed by atoms with Gasteiger partial charge in [0, 0.05) is 6.07 Å². The van der Waals surface area contributed by atoms with Crippen molar-refractivity contribution in [1.29, 1.82) is 0 Å². The van der Waals surface area contributed by atoms with E-state index in [0.29, 0.717) is 16.5 Å². The Kier molecular flexibility index (Phi) is 4.39. The highest BCUT2D eigenvalue weighted by Gasteiger charge is 2.13. The highest BCUT2D eigenvalue weighted by atomic mass is 35.5. The number of hydrogen-bond acceptors (Lipinski definition) is 4. The summed E-state index contributed by atoms with van der Waals surface area (Å²) in [5, 5.41) is 11.8. The Hall–Kier alpha value is -2.60. The van der Waals surface area contributed by atoms with Crippen molar-refractivity contribution in [3.8, 4) is 5.75 Å². The van der Waals surface area contributed by atoms with E-state index in [9.17, 15) is 9.59 Å². The molecule has 1 amide bonds. The minimum absolute atomic E-state index is 0.0196. The molecule has 2 N–H and O–H groups in total. The zero-order valence-corrected chi connectivity index (χ0v) is 11.7. The van der Waals surface area contributed by atoms with Crippen LogP contribution in [-0.2, 0) is 0 Å². The molecule has 1 heterocycles. The van der Waals surface area contributed by atoms with E-state index >= 15 is 0 Å². The number of halogens is 1. The van der Waals surface area contributed by atoms with Crippen LogP contribution in [0.2, 0.25) is 5.02 Å². The topological polar surface area (TPSA) is 88.5 Å². The van der Waals surface area contributed by atoms with Gasteiger partial charge in [0.25, 0.3) is 5.91 Å². The monoisotopic (exact) mass is 306 g/mol. The van der Waals surface area contributed by atoms with Crippen LogP contribution in [0, 0.1) is 0 Å². The number of carboxylic acid groups (broad SMARTS) is 1. The van der Waals surface area contributed by atoms with Gasteiger partial charge in [-0.3, -0.25) is 4.79 Å². The van der Waals surface area contributed by atoms with E-state index in [0.717, 1.165) is 0 Å². The fourth-order valence-electron chi connectivity index (χ4n) is 1.59. The molecule has 0 spiro atoms. The Bertz CT molecular complexity index is 703. The first-order chi connectivity index (χ1) is 10.0. The van der Waals surface area contributed by atoms with Crippen molar-refractivity contribution in [2.24, 2.45) is 0 Å². The van der Waals surface area contributed by atoms with Crippen LogP contribution in [0.25, 0.3) is 0 Å². The molecule has 0 saturated carbocycles. The molecule has 2 aromatic rings. The van der Waals surface area contributed by atoms with Crippen LogP contribution in [-0.4, -0.2) is 29.1 Å². The maximum atomic E-state index is 12.1. The second-order valence-electron chi connectivity index (χ2n) is 4.01. The number of ether oxygens (including phenoxy) is 1. The van der Waals surface area contributed by atoms with Crippen LogP contribution in [0.3, 0.4) is 0 Å². The Morgan fingerprint density at radius 1 is 1.24 bits per heavy atom. The van der Waals surface area contributed by atoms with Gasteiger partial charge in [-0.25, -0.2) is 9.78 Å². The van der Waals surface area contributed by atoms with E-state index in [2.05, 4.69) is 10.3 Å². The summed E-state index contributed by atoms with van der Waals surface area (Å²) < 4.78 is 5.04. The Morgan fingerprint density at radius 2 is 1.95 bits per heavy atom. The van der Waals surface area contributed by atoms with E-state index in [4.69, 9.17) is 21.4 Å². The molecule has 1 aromatic carbocycles. The molecule has 0 aliphatic heterocycles. The molecule has 21 heavy (non-hydrogen) atoms. The number of carbonyl (C=O) groups is 2. The van der Waals surface area contributed by atoms with Crippen molar-refractivity contribution in [1.82, 2.24) is 4.98 Å². The normalized spacial score (nSPS) is 10.0. The summed E-state index contributed by atoms with van der Waals surface area (Å²) in [4.78, 5) is 26.7. The summed E-state index contributed by atoms with van der Waals surface area (Å²) in [5.41, 5.74) is 0.122. The highest BCUT2D eigenvalue weighted by Crippen LogP contribution is 2.26. The van der Waals surface area contributed by atoms with E-state index in [1.165, 1.54) is 25.3 Å². The highest BCUT2D eigenvalue weighted by molar-refractivity contribution is 6.34. The summed E-state index contributed by atoms with van der Waals surface area (Å²) in [5.74, 6) is -1.24. The molecule has 0 radical (unpaired) electrons. The van der Waals surface area contributed by atoms with Crippen LogP contribution in [0.1, 0.15) is 21.0 Å². The van der Waals surface area contributed by atoms with Gasteiger partial charge in [-0.2, -0.15) is 0 Å². The van der Waals surface area contributed by atoms with E-state index in [1.807, 2.05) is 0 Å². The van der Waals surface area contributed by atoms with Gasteiger partial charge in [-0.15, -0.1) is 0 Å². The van der Waals surface area contributed by atoms with Crippen molar-refractivity contribution in [2.75, 3.05) is 12.4 Å². The van der Waals surface area contributed by atoms with Crippen LogP contribution in [0.15, 0.2) is 36.4 Å². The third-order valence-corrected chi connectivity index (χ3v) is 2.95. The number of carbonyl (C=O) groups excluding carboxylic acids is 1. The van der Waals surface area contributed by atoms with Crippen LogP contribution < -0.4 is 10.1 Å². The zero-order chi connectivity index (χ0) is 15.4. The number of methoxy groups -OCH3 is 1. The number of hydrogen-bond donors (Lipinski definition) is 2. The standard InChI is InChI=1S/C14H11ClN2O4/c1-21-8-5-6-9(15)12(7-8)17-13(18)10-3-2-4-11(16-10)14(19)20/h2-7H,1H3,(H,17,18)(H,19,20). The number of aromatic nitrogens is 1. The second kappa shape index (κ2) is 6.23. The molecule has 0 aliphatic carbocycles. The first kappa shape index (κ1) is 14.8. The number of nitrogens with one attached hydrogen (secondary N) is 1. The van der Waals surface area contributed by atoms with Crippen LogP contribution in [0.5, 0.6) is 5.75 Å². The summed E-state index contributed by atoms with van der Waals surface area (Å²) in [6.45, 7) is 0. The predicted octanol–water partition coefficient (Wildman–Crippen LogP) is 2.69. The number of benzene rings is 1. The number of nitrogens with zero attached hydrogens (tertiary/aromatic N) is 1. The molecule has 7 heteroatoms. The van der Waals surface area contributed by atoms with Gasteiger partial charge in [0.05, 0.1) is 17.8 Å². The van der Waals surface area contributed by atoms with Crippen molar-refractivity contribution >= 4 is 29.2 Å². The van der Waals surface area contributed by atoms with Gasteiger partial charge >= 0.3 is 5.97 Å². The predicted molar refractivity (Wildman–Crippen MR) is 77.2 cm³/mol. The van der Waals surface area contributed by atoms with Gasteiger partial charge in [0.15, 0.2) is 0 Å². The molecule has 0 aliphatic rings. The van der Waals surface area contributed by atoms with Crippen LogP contribution in [0.4, 0.5) is 5.69 Å². The minimum atomic E-state index is -1.20. The average Bonchev–Trinajstić information content (AvgIpc) is 2.49. The Morgan fingerprint density at radius 3 is 2.62 bits per heavy atom. The quantitative estimate of drug-likeness (QED) is 0.906. The van der Waals surface area contributed by atoms with Crippen molar-refractivity contribution < 1.29 is 19.4 Å². The summed E-state index contributed by atoms with van der Waals surface area (Å²) in [6, 6.07) is 8.95. The molecule has 0 unspecified atom stereocenters. The molecular weight excluding hydrogens is 296 g/mol. The lowest BCUT2D eigenvalue weighted by atomic mass is 10.2. The maximum Gasteiger partial charge on any atom is 0.354 e. The van der Waals surface area contributed by atoms with E-state index < -0.39 is 11.9 Å². The first-order valence-electron chi connectivity index (χ1n) is 5.86. The summed E-state index contributed by atoms with van der Waals surface area (Å²) in [6.07, 6.45) is 0. The second-order valence-corrected chi connectivity index (χ2v) is 4.42. The molecule has 1 aromatic heterocycles. The number of amides is 1.